The number of aliphatic carboxylic acids is 1. The predicted molar refractivity (Wildman–Crippen MR) is 82.6 cm³/mol. The summed E-state index contributed by atoms with van der Waals surface area (Å²) in [7, 11) is 0. The minimum absolute atomic E-state index is 0.495. The SMILES string of the molecule is CCc1cc(N2CCCC2C(=O)O)nc(-c2ccncc2)n1. The number of carboxylic acid groups (broad SMARTS) is 1. The minimum atomic E-state index is -0.792. The van der Waals surface area contributed by atoms with Crippen molar-refractivity contribution in [3.05, 3.63) is 36.3 Å². The smallest absolute Gasteiger partial charge is 0.326 e. The van der Waals surface area contributed by atoms with Crippen molar-refractivity contribution in [2.75, 3.05) is 11.4 Å². The average molecular weight is 298 g/mol. The molecule has 0 aliphatic carbocycles. The van der Waals surface area contributed by atoms with E-state index in [0.29, 0.717) is 24.6 Å². The van der Waals surface area contributed by atoms with Crippen molar-refractivity contribution >= 4 is 11.8 Å². The summed E-state index contributed by atoms with van der Waals surface area (Å²) in [5, 5.41) is 9.36. The average Bonchev–Trinajstić information content (AvgIpc) is 3.05. The molecule has 1 aliphatic rings. The zero-order valence-corrected chi connectivity index (χ0v) is 12.4. The number of carboxylic acids is 1. The fraction of sp³-hybridized carbons (Fsp3) is 0.375. The third kappa shape index (κ3) is 2.77. The molecule has 2 aromatic heterocycles. The summed E-state index contributed by atoms with van der Waals surface area (Å²) in [5.74, 6) is 0.524. The Bertz CT molecular complexity index is 675. The van der Waals surface area contributed by atoms with Crippen LogP contribution in [0.3, 0.4) is 0 Å². The van der Waals surface area contributed by atoms with Crippen LogP contribution in [0, 0.1) is 0 Å². The van der Waals surface area contributed by atoms with Gasteiger partial charge in [0.15, 0.2) is 5.82 Å². The summed E-state index contributed by atoms with van der Waals surface area (Å²) >= 11 is 0. The highest BCUT2D eigenvalue weighted by molar-refractivity contribution is 5.78. The highest BCUT2D eigenvalue weighted by Crippen LogP contribution is 2.27. The van der Waals surface area contributed by atoms with E-state index in [2.05, 4.69) is 15.0 Å². The molecule has 114 valence electrons. The Kier molecular flexibility index (Phi) is 4.00. The maximum atomic E-state index is 11.4. The van der Waals surface area contributed by atoms with Gasteiger partial charge >= 0.3 is 5.97 Å². The van der Waals surface area contributed by atoms with Crippen LogP contribution in [0.25, 0.3) is 11.4 Å². The van der Waals surface area contributed by atoms with Gasteiger partial charge in [0.1, 0.15) is 11.9 Å². The van der Waals surface area contributed by atoms with E-state index in [9.17, 15) is 9.90 Å². The number of pyridine rings is 1. The first-order valence-corrected chi connectivity index (χ1v) is 7.47. The molecular formula is C16H18N4O2. The molecule has 3 heterocycles. The van der Waals surface area contributed by atoms with Crippen LogP contribution in [0.5, 0.6) is 0 Å². The Morgan fingerprint density at radius 3 is 2.82 bits per heavy atom. The van der Waals surface area contributed by atoms with Gasteiger partial charge in [0.25, 0.3) is 0 Å². The van der Waals surface area contributed by atoms with Gasteiger partial charge in [-0.15, -0.1) is 0 Å². The van der Waals surface area contributed by atoms with Crippen molar-refractivity contribution in [3.8, 4) is 11.4 Å². The van der Waals surface area contributed by atoms with E-state index in [1.54, 1.807) is 12.4 Å². The topological polar surface area (TPSA) is 79.2 Å². The lowest BCUT2D eigenvalue weighted by atomic mass is 10.2. The number of aryl methyl sites for hydroxylation is 1. The first kappa shape index (κ1) is 14.4. The third-order valence-corrected chi connectivity index (χ3v) is 3.90. The van der Waals surface area contributed by atoms with Crippen molar-refractivity contribution in [2.24, 2.45) is 0 Å². The van der Waals surface area contributed by atoms with E-state index >= 15 is 0 Å². The fourth-order valence-electron chi connectivity index (χ4n) is 2.74. The Hall–Kier alpha value is -2.50. The van der Waals surface area contributed by atoms with E-state index in [4.69, 9.17) is 0 Å². The second-order valence-electron chi connectivity index (χ2n) is 5.32. The summed E-state index contributed by atoms with van der Waals surface area (Å²) in [6.07, 6.45) is 5.71. The van der Waals surface area contributed by atoms with Crippen LogP contribution < -0.4 is 4.90 Å². The molecule has 0 amide bonds. The van der Waals surface area contributed by atoms with Crippen LogP contribution >= 0.6 is 0 Å². The van der Waals surface area contributed by atoms with E-state index < -0.39 is 12.0 Å². The first-order chi connectivity index (χ1) is 10.7. The van der Waals surface area contributed by atoms with Crippen molar-refractivity contribution in [2.45, 2.75) is 32.2 Å². The molecule has 1 fully saturated rings. The maximum Gasteiger partial charge on any atom is 0.326 e. The van der Waals surface area contributed by atoms with Crippen LogP contribution in [0.4, 0.5) is 5.82 Å². The molecule has 0 aromatic carbocycles. The van der Waals surface area contributed by atoms with Crippen LogP contribution in [0.2, 0.25) is 0 Å². The fourth-order valence-corrected chi connectivity index (χ4v) is 2.74. The molecule has 0 saturated carbocycles. The van der Waals surface area contributed by atoms with E-state index in [-0.39, 0.29) is 0 Å². The van der Waals surface area contributed by atoms with Crippen molar-refractivity contribution in [1.29, 1.82) is 0 Å². The molecule has 6 nitrogen and oxygen atoms in total. The Morgan fingerprint density at radius 1 is 1.36 bits per heavy atom. The van der Waals surface area contributed by atoms with Crippen LogP contribution in [-0.4, -0.2) is 38.6 Å². The number of rotatable bonds is 4. The van der Waals surface area contributed by atoms with Gasteiger partial charge in [-0.05, 0) is 31.4 Å². The van der Waals surface area contributed by atoms with Gasteiger partial charge in [-0.2, -0.15) is 0 Å². The minimum Gasteiger partial charge on any atom is -0.480 e. The van der Waals surface area contributed by atoms with E-state index in [0.717, 1.165) is 24.1 Å². The molecule has 1 saturated heterocycles. The van der Waals surface area contributed by atoms with Crippen molar-refractivity contribution < 1.29 is 9.90 Å². The molecule has 3 rings (SSSR count). The number of hydrogen-bond acceptors (Lipinski definition) is 5. The zero-order chi connectivity index (χ0) is 15.5. The Labute approximate surface area is 128 Å². The summed E-state index contributed by atoms with van der Waals surface area (Å²) in [5.41, 5.74) is 1.80. The Morgan fingerprint density at radius 2 is 2.14 bits per heavy atom. The van der Waals surface area contributed by atoms with Crippen molar-refractivity contribution in [1.82, 2.24) is 15.0 Å². The molecule has 1 N–H and O–H groups in total. The highest BCUT2D eigenvalue weighted by Gasteiger charge is 2.31. The monoisotopic (exact) mass is 298 g/mol. The van der Waals surface area contributed by atoms with Crippen LogP contribution in [-0.2, 0) is 11.2 Å². The molecule has 0 bridgehead atoms. The largest absolute Gasteiger partial charge is 0.480 e. The summed E-state index contributed by atoms with van der Waals surface area (Å²) < 4.78 is 0. The lowest BCUT2D eigenvalue weighted by Crippen LogP contribution is -2.36. The Balaban J connectivity index is 2.03. The zero-order valence-electron chi connectivity index (χ0n) is 12.4. The summed E-state index contributed by atoms with van der Waals surface area (Å²) in [6.45, 7) is 2.74. The second kappa shape index (κ2) is 6.09. The number of nitrogens with zero attached hydrogens (tertiary/aromatic N) is 4. The van der Waals surface area contributed by atoms with Gasteiger partial charge in [-0.25, -0.2) is 14.8 Å². The molecule has 0 spiro atoms. The standard InChI is InChI=1S/C16H18N4O2/c1-2-12-10-14(20-9-3-4-13(20)16(21)22)19-15(18-12)11-5-7-17-8-6-11/h5-8,10,13H,2-4,9H2,1H3,(H,21,22). The first-order valence-electron chi connectivity index (χ1n) is 7.47. The maximum absolute atomic E-state index is 11.4. The molecule has 0 radical (unpaired) electrons. The molecule has 1 aliphatic heterocycles. The second-order valence-corrected chi connectivity index (χ2v) is 5.32. The number of carbonyl (C=O) groups is 1. The van der Waals surface area contributed by atoms with Crippen molar-refractivity contribution in [3.63, 3.8) is 0 Å². The molecule has 22 heavy (non-hydrogen) atoms. The lowest BCUT2D eigenvalue weighted by molar-refractivity contribution is -0.138. The normalized spacial score (nSPS) is 17.7. The van der Waals surface area contributed by atoms with E-state index in [1.807, 2.05) is 30.0 Å². The molecule has 6 heteroatoms. The number of anilines is 1. The summed E-state index contributed by atoms with van der Waals surface area (Å²) in [6, 6.07) is 5.12. The number of aromatic nitrogens is 3. The molecule has 1 unspecified atom stereocenters. The third-order valence-electron chi connectivity index (χ3n) is 3.90. The lowest BCUT2D eigenvalue weighted by Gasteiger charge is -2.23. The quantitative estimate of drug-likeness (QED) is 0.931. The molecular weight excluding hydrogens is 280 g/mol. The molecule has 2 aromatic rings. The van der Waals surface area contributed by atoms with Gasteiger partial charge in [0, 0.05) is 36.3 Å². The van der Waals surface area contributed by atoms with Crippen LogP contribution in [0.1, 0.15) is 25.5 Å². The predicted octanol–water partition coefficient (Wildman–Crippen LogP) is 2.15. The van der Waals surface area contributed by atoms with Gasteiger partial charge in [-0.1, -0.05) is 6.92 Å². The highest BCUT2D eigenvalue weighted by atomic mass is 16.4. The molecule has 1 atom stereocenters. The van der Waals surface area contributed by atoms with Crippen LogP contribution in [0.15, 0.2) is 30.6 Å². The summed E-state index contributed by atoms with van der Waals surface area (Å²) in [4.78, 5) is 26.4. The van der Waals surface area contributed by atoms with Gasteiger partial charge in [0.05, 0.1) is 0 Å². The van der Waals surface area contributed by atoms with Gasteiger partial charge < -0.3 is 10.0 Å². The van der Waals surface area contributed by atoms with Gasteiger partial charge in [-0.3, -0.25) is 4.98 Å². The van der Waals surface area contributed by atoms with E-state index in [1.165, 1.54) is 0 Å². The number of hydrogen-bond donors (Lipinski definition) is 1. The van der Waals surface area contributed by atoms with Gasteiger partial charge in [0.2, 0.25) is 0 Å².